The summed E-state index contributed by atoms with van der Waals surface area (Å²) < 4.78 is 54.2. The molecule has 0 fully saturated rings. The minimum Gasteiger partial charge on any atom is -0.496 e. The van der Waals surface area contributed by atoms with E-state index in [0.29, 0.717) is 22.4 Å². The number of hydrogen-bond donors (Lipinski definition) is 0. The first-order valence-corrected chi connectivity index (χ1v) is 8.23. The van der Waals surface area contributed by atoms with E-state index >= 15 is 0 Å². The van der Waals surface area contributed by atoms with E-state index in [0.717, 1.165) is 12.1 Å². The Kier molecular flexibility index (Phi) is 6.66. The second-order valence-corrected chi connectivity index (χ2v) is 5.94. The van der Waals surface area contributed by atoms with Crippen LogP contribution < -0.4 is 4.74 Å². The van der Waals surface area contributed by atoms with E-state index < -0.39 is 23.7 Å². The molecule has 150 valence electrons. The van der Waals surface area contributed by atoms with E-state index in [4.69, 9.17) is 9.47 Å². The molecule has 0 N–H and O–H groups in total. The number of hydrogen-bond acceptors (Lipinski definition) is 5. The summed E-state index contributed by atoms with van der Waals surface area (Å²) >= 11 is 0. The van der Waals surface area contributed by atoms with Gasteiger partial charge in [0.2, 0.25) is 0 Å². The van der Waals surface area contributed by atoms with Gasteiger partial charge in [0.1, 0.15) is 12.4 Å². The van der Waals surface area contributed by atoms with E-state index in [1.807, 2.05) is 0 Å². The van der Waals surface area contributed by atoms with Crippen LogP contribution in [0.4, 0.5) is 13.2 Å². The van der Waals surface area contributed by atoms with Gasteiger partial charge in [0.15, 0.2) is 0 Å². The zero-order valence-electron chi connectivity index (χ0n) is 15.6. The first-order chi connectivity index (χ1) is 13.2. The van der Waals surface area contributed by atoms with Gasteiger partial charge in [-0.3, -0.25) is 9.59 Å². The molecule has 0 saturated heterocycles. The number of carbonyl (C=O) groups excluding carboxylic acids is 2. The third-order valence-corrected chi connectivity index (χ3v) is 3.99. The van der Waals surface area contributed by atoms with Crippen LogP contribution in [0, 0.1) is 0 Å². The average Bonchev–Trinajstić information content (AvgIpc) is 2.65. The Morgan fingerprint density at radius 1 is 1.00 bits per heavy atom. The number of esters is 2. The highest BCUT2D eigenvalue weighted by molar-refractivity contribution is 5.78. The molecule has 0 atom stereocenters. The summed E-state index contributed by atoms with van der Waals surface area (Å²) in [6, 6.07) is 8.08. The fraction of sp³-hybridized carbons (Fsp3) is 0.300. The molecule has 0 aliphatic rings. The lowest BCUT2D eigenvalue weighted by molar-refractivity contribution is -0.142. The maximum absolute atomic E-state index is 13.1. The van der Waals surface area contributed by atoms with Crippen molar-refractivity contribution >= 4 is 11.9 Å². The first kappa shape index (κ1) is 21.3. The second-order valence-electron chi connectivity index (χ2n) is 5.94. The number of alkyl halides is 3. The fourth-order valence-electron chi connectivity index (χ4n) is 2.65. The van der Waals surface area contributed by atoms with Gasteiger partial charge in [0, 0.05) is 12.5 Å². The predicted molar refractivity (Wildman–Crippen MR) is 94.6 cm³/mol. The first-order valence-electron chi connectivity index (χ1n) is 8.23. The van der Waals surface area contributed by atoms with Crippen LogP contribution in [0.1, 0.15) is 23.6 Å². The Hall–Kier alpha value is -3.03. The minimum absolute atomic E-state index is 0.00654. The SMILES string of the molecule is COC(=O)Cc1ccc(OC)c(-c2ccc(C(F)(F)F)cc2COC(C)=O)c1. The van der Waals surface area contributed by atoms with Crippen LogP contribution in [0.2, 0.25) is 0 Å². The molecule has 0 aliphatic carbocycles. The van der Waals surface area contributed by atoms with Crippen molar-refractivity contribution in [2.24, 2.45) is 0 Å². The Morgan fingerprint density at radius 2 is 1.71 bits per heavy atom. The molecule has 2 rings (SSSR count). The molecule has 0 saturated carbocycles. The number of benzene rings is 2. The summed E-state index contributed by atoms with van der Waals surface area (Å²) in [6.45, 7) is 0.837. The summed E-state index contributed by atoms with van der Waals surface area (Å²) in [5.74, 6) is -0.670. The molecule has 0 aliphatic heterocycles. The molecular formula is C20H19F3O5. The monoisotopic (exact) mass is 396 g/mol. The standard InChI is InChI=1S/C20H19F3O5/c1-12(24)28-11-14-10-15(20(21,22)23)5-6-16(14)17-8-13(9-19(25)27-3)4-7-18(17)26-2/h4-8,10H,9,11H2,1-3H3. The van der Waals surface area contributed by atoms with Gasteiger partial charge < -0.3 is 14.2 Å². The smallest absolute Gasteiger partial charge is 0.416 e. The second kappa shape index (κ2) is 8.77. The number of halogens is 3. The average molecular weight is 396 g/mol. The van der Waals surface area contributed by atoms with E-state index in [-0.39, 0.29) is 18.6 Å². The lowest BCUT2D eigenvalue weighted by Gasteiger charge is -2.17. The van der Waals surface area contributed by atoms with Crippen molar-refractivity contribution in [3.8, 4) is 16.9 Å². The van der Waals surface area contributed by atoms with Crippen LogP contribution in [0.25, 0.3) is 11.1 Å². The van der Waals surface area contributed by atoms with Crippen molar-refractivity contribution < 1.29 is 37.0 Å². The van der Waals surface area contributed by atoms with E-state index in [9.17, 15) is 22.8 Å². The van der Waals surface area contributed by atoms with Crippen LogP contribution >= 0.6 is 0 Å². The van der Waals surface area contributed by atoms with Gasteiger partial charge in [-0.15, -0.1) is 0 Å². The molecule has 2 aromatic rings. The van der Waals surface area contributed by atoms with E-state index in [1.54, 1.807) is 18.2 Å². The van der Waals surface area contributed by atoms with Crippen molar-refractivity contribution in [3.63, 3.8) is 0 Å². The van der Waals surface area contributed by atoms with Crippen molar-refractivity contribution in [2.75, 3.05) is 14.2 Å². The van der Waals surface area contributed by atoms with Crippen molar-refractivity contribution in [1.82, 2.24) is 0 Å². The molecule has 0 spiro atoms. The van der Waals surface area contributed by atoms with Gasteiger partial charge in [-0.2, -0.15) is 13.2 Å². The zero-order valence-corrected chi connectivity index (χ0v) is 15.6. The van der Waals surface area contributed by atoms with Gasteiger partial charge >= 0.3 is 18.1 Å². The Bertz CT molecular complexity index is 875. The lowest BCUT2D eigenvalue weighted by atomic mass is 9.95. The van der Waals surface area contributed by atoms with Crippen LogP contribution in [0.5, 0.6) is 5.75 Å². The highest BCUT2D eigenvalue weighted by Crippen LogP contribution is 2.37. The van der Waals surface area contributed by atoms with E-state index in [2.05, 4.69) is 4.74 Å². The highest BCUT2D eigenvalue weighted by atomic mass is 19.4. The predicted octanol–water partition coefficient (Wildman–Crippen LogP) is 4.16. The summed E-state index contributed by atoms with van der Waals surface area (Å²) in [6.07, 6.45) is -4.55. The summed E-state index contributed by atoms with van der Waals surface area (Å²) in [5, 5.41) is 0. The largest absolute Gasteiger partial charge is 0.496 e. The summed E-state index contributed by atoms with van der Waals surface area (Å²) in [4.78, 5) is 22.7. The third kappa shape index (κ3) is 5.25. The molecular weight excluding hydrogens is 377 g/mol. The third-order valence-electron chi connectivity index (χ3n) is 3.99. The normalized spacial score (nSPS) is 11.1. The van der Waals surface area contributed by atoms with Gasteiger partial charge in [-0.05, 0) is 41.0 Å². The van der Waals surface area contributed by atoms with Crippen LogP contribution in [-0.4, -0.2) is 26.2 Å². The van der Waals surface area contributed by atoms with Crippen molar-refractivity contribution in [2.45, 2.75) is 26.1 Å². The summed E-state index contributed by atoms with van der Waals surface area (Å²) in [7, 11) is 2.69. The molecule has 2 aromatic carbocycles. The quantitative estimate of drug-likeness (QED) is 0.687. The molecule has 8 heteroatoms. The maximum atomic E-state index is 13.1. The number of methoxy groups -OCH3 is 2. The number of ether oxygens (including phenoxy) is 3. The van der Waals surface area contributed by atoms with Gasteiger partial charge in [0.05, 0.1) is 26.2 Å². The molecule has 0 unspecified atom stereocenters. The van der Waals surface area contributed by atoms with Gasteiger partial charge in [-0.25, -0.2) is 0 Å². The Labute approximate surface area is 160 Å². The van der Waals surface area contributed by atoms with Crippen molar-refractivity contribution in [1.29, 1.82) is 0 Å². The molecule has 0 heterocycles. The summed E-state index contributed by atoms with van der Waals surface area (Å²) in [5.41, 5.74) is 0.778. The molecule has 0 bridgehead atoms. The zero-order chi connectivity index (χ0) is 20.9. The molecule has 0 radical (unpaired) electrons. The molecule has 0 aromatic heterocycles. The maximum Gasteiger partial charge on any atom is 0.416 e. The van der Waals surface area contributed by atoms with Gasteiger partial charge in [-0.1, -0.05) is 12.1 Å². The molecule has 28 heavy (non-hydrogen) atoms. The molecule has 5 nitrogen and oxygen atoms in total. The number of carbonyl (C=O) groups is 2. The minimum atomic E-state index is -4.54. The van der Waals surface area contributed by atoms with Crippen LogP contribution in [0.15, 0.2) is 36.4 Å². The Balaban J connectivity index is 2.59. The van der Waals surface area contributed by atoms with Crippen LogP contribution in [-0.2, 0) is 38.3 Å². The number of rotatable bonds is 6. The molecule has 0 amide bonds. The van der Waals surface area contributed by atoms with Crippen LogP contribution in [0.3, 0.4) is 0 Å². The van der Waals surface area contributed by atoms with Gasteiger partial charge in [0.25, 0.3) is 0 Å². The fourth-order valence-corrected chi connectivity index (χ4v) is 2.65. The van der Waals surface area contributed by atoms with E-state index in [1.165, 1.54) is 27.2 Å². The highest BCUT2D eigenvalue weighted by Gasteiger charge is 2.31. The Morgan fingerprint density at radius 3 is 2.29 bits per heavy atom. The lowest BCUT2D eigenvalue weighted by Crippen LogP contribution is -2.08. The topological polar surface area (TPSA) is 61.8 Å². The van der Waals surface area contributed by atoms with Crippen molar-refractivity contribution in [3.05, 3.63) is 53.1 Å².